The number of nitrogens with two attached hydrogens (primary N) is 1. The number of hydrogen-bond acceptors (Lipinski definition) is 4. The summed E-state index contributed by atoms with van der Waals surface area (Å²) in [7, 11) is 1.67. The number of benzene rings is 1. The first-order chi connectivity index (χ1) is 9.62. The van der Waals surface area contributed by atoms with E-state index in [4.69, 9.17) is 10.5 Å². The zero-order valence-electron chi connectivity index (χ0n) is 11.8. The Morgan fingerprint density at radius 1 is 1.15 bits per heavy atom. The summed E-state index contributed by atoms with van der Waals surface area (Å²) in [6.07, 6.45) is 1.68. The first-order valence-electron chi connectivity index (χ1n) is 7.10. The minimum absolute atomic E-state index is 0.131. The van der Waals surface area contributed by atoms with Crippen LogP contribution in [0.25, 0.3) is 0 Å². The second-order valence-electron chi connectivity index (χ2n) is 5.63. The summed E-state index contributed by atoms with van der Waals surface area (Å²) in [4.78, 5) is 16.4. The zero-order valence-corrected chi connectivity index (χ0v) is 11.8. The summed E-state index contributed by atoms with van der Waals surface area (Å²) >= 11 is 0. The van der Waals surface area contributed by atoms with E-state index in [-0.39, 0.29) is 5.91 Å². The highest BCUT2D eigenvalue weighted by atomic mass is 16.5. The standard InChI is InChI=1S/C15H21N3O2/c1-20-13-4-2-12(3-5-13)17-8-10-18(11-9-17)14(19)15(16)6-7-15/h2-5H,6-11,16H2,1H3. The third-order valence-corrected chi connectivity index (χ3v) is 4.22. The average Bonchev–Trinajstić information content (AvgIpc) is 3.26. The molecule has 5 nitrogen and oxygen atoms in total. The molecule has 1 saturated carbocycles. The number of rotatable bonds is 3. The van der Waals surface area contributed by atoms with E-state index in [0.717, 1.165) is 44.8 Å². The Bertz CT molecular complexity index is 488. The Kier molecular flexibility index (Phi) is 3.30. The van der Waals surface area contributed by atoms with E-state index in [1.807, 2.05) is 17.0 Å². The highest BCUT2D eigenvalue weighted by molar-refractivity contribution is 5.89. The van der Waals surface area contributed by atoms with Gasteiger partial charge in [0.1, 0.15) is 5.75 Å². The first kappa shape index (κ1) is 13.2. The van der Waals surface area contributed by atoms with Crippen LogP contribution in [0.2, 0.25) is 0 Å². The molecule has 2 fully saturated rings. The Balaban J connectivity index is 1.59. The molecule has 3 rings (SSSR count). The van der Waals surface area contributed by atoms with Gasteiger partial charge in [-0.05, 0) is 37.1 Å². The summed E-state index contributed by atoms with van der Waals surface area (Å²) in [5, 5.41) is 0. The predicted molar refractivity (Wildman–Crippen MR) is 77.9 cm³/mol. The molecule has 0 spiro atoms. The van der Waals surface area contributed by atoms with Gasteiger partial charge in [0.2, 0.25) is 5.91 Å². The molecule has 1 aromatic carbocycles. The van der Waals surface area contributed by atoms with Gasteiger partial charge < -0.3 is 20.3 Å². The van der Waals surface area contributed by atoms with Crippen molar-refractivity contribution in [2.24, 2.45) is 5.73 Å². The Morgan fingerprint density at radius 2 is 1.75 bits per heavy atom. The molecule has 1 amide bonds. The van der Waals surface area contributed by atoms with Gasteiger partial charge in [-0.15, -0.1) is 0 Å². The summed E-state index contributed by atoms with van der Waals surface area (Å²) < 4.78 is 5.16. The molecular formula is C15H21N3O2. The Morgan fingerprint density at radius 3 is 2.25 bits per heavy atom. The van der Waals surface area contributed by atoms with Gasteiger partial charge in [-0.2, -0.15) is 0 Å². The van der Waals surface area contributed by atoms with Gasteiger partial charge >= 0.3 is 0 Å². The summed E-state index contributed by atoms with van der Waals surface area (Å²) in [6, 6.07) is 8.04. The Labute approximate surface area is 119 Å². The van der Waals surface area contributed by atoms with Gasteiger partial charge in [0.15, 0.2) is 0 Å². The van der Waals surface area contributed by atoms with E-state index < -0.39 is 5.54 Å². The third-order valence-electron chi connectivity index (χ3n) is 4.22. The number of methoxy groups -OCH3 is 1. The molecule has 1 aromatic rings. The summed E-state index contributed by atoms with van der Waals surface area (Å²) in [5.74, 6) is 0.994. The molecule has 2 aliphatic rings. The molecule has 20 heavy (non-hydrogen) atoms. The van der Waals surface area contributed by atoms with Crippen molar-refractivity contribution in [3.8, 4) is 5.75 Å². The van der Waals surface area contributed by atoms with Crippen molar-refractivity contribution in [3.63, 3.8) is 0 Å². The van der Waals surface area contributed by atoms with Crippen LogP contribution in [0.1, 0.15) is 12.8 Å². The van der Waals surface area contributed by atoms with Gasteiger partial charge in [-0.25, -0.2) is 0 Å². The zero-order chi connectivity index (χ0) is 14.2. The van der Waals surface area contributed by atoms with Crippen molar-refractivity contribution in [2.45, 2.75) is 18.4 Å². The van der Waals surface area contributed by atoms with E-state index in [9.17, 15) is 4.79 Å². The molecule has 2 N–H and O–H groups in total. The largest absolute Gasteiger partial charge is 0.497 e. The number of anilines is 1. The van der Waals surface area contributed by atoms with Crippen LogP contribution < -0.4 is 15.4 Å². The minimum Gasteiger partial charge on any atom is -0.497 e. The second kappa shape index (κ2) is 4.98. The fraction of sp³-hybridized carbons (Fsp3) is 0.533. The van der Waals surface area contributed by atoms with Crippen molar-refractivity contribution in [2.75, 3.05) is 38.2 Å². The van der Waals surface area contributed by atoms with Gasteiger partial charge in [0.05, 0.1) is 12.6 Å². The number of carbonyl (C=O) groups excluding carboxylic acids is 1. The van der Waals surface area contributed by atoms with E-state index in [2.05, 4.69) is 17.0 Å². The maximum atomic E-state index is 12.2. The molecule has 1 aliphatic carbocycles. The molecule has 0 radical (unpaired) electrons. The fourth-order valence-electron chi connectivity index (χ4n) is 2.62. The van der Waals surface area contributed by atoms with Crippen LogP contribution in [-0.4, -0.2) is 49.6 Å². The SMILES string of the molecule is COc1ccc(N2CCN(C(=O)C3(N)CC3)CC2)cc1. The normalized spacial score (nSPS) is 20.7. The highest BCUT2D eigenvalue weighted by Gasteiger charge is 2.48. The molecule has 0 bridgehead atoms. The lowest BCUT2D eigenvalue weighted by Crippen LogP contribution is -2.54. The van der Waals surface area contributed by atoms with E-state index in [0.29, 0.717) is 0 Å². The molecule has 108 valence electrons. The van der Waals surface area contributed by atoms with Crippen molar-refractivity contribution < 1.29 is 9.53 Å². The number of ether oxygens (including phenoxy) is 1. The third kappa shape index (κ3) is 2.45. The molecule has 0 atom stereocenters. The number of piperazine rings is 1. The van der Waals surface area contributed by atoms with Gasteiger partial charge in [-0.3, -0.25) is 4.79 Å². The van der Waals surface area contributed by atoms with Crippen LogP contribution in [0.4, 0.5) is 5.69 Å². The van der Waals surface area contributed by atoms with Gasteiger partial charge in [0.25, 0.3) is 0 Å². The highest BCUT2D eigenvalue weighted by Crippen LogP contribution is 2.34. The smallest absolute Gasteiger partial charge is 0.242 e. The van der Waals surface area contributed by atoms with E-state index >= 15 is 0 Å². The number of nitrogens with zero attached hydrogens (tertiary/aromatic N) is 2. The van der Waals surface area contributed by atoms with Crippen LogP contribution in [-0.2, 0) is 4.79 Å². The average molecular weight is 275 g/mol. The van der Waals surface area contributed by atoms with Crippen molar-refractivity contribution in [3.05, 3.63) is 24.3 Å². The van der Waals surface area contributed by atoms with Gasteiger partial charge in [-0.1, -0.05) is 0 Å². The molecule has 1 aliphatic heterocycles. The van der Waals surface area contributed by atoms with Crippen LogP contribution in [0.3, 0.4) is 0 Å². The number of carbonyl (C=O) groups is 1. The molecule has 0 aromatic heterocycles. The molecule has 1 heterocycles. The van der Waals surface area contributed by atoms with E-state index in [1.54, 1.807) is 7.11 Å². The maximum Gasteiger partial charge on any atom is 0.242 e. The molecule has 0 unspecified atom stereocenters. The number of hydrogen-bond donors (Lipinski definition) is 1. The van der Waals surface area contributed by atoms with Crippen molar-refractivity contribution in [1.29, 1.82) is 0 Å². The quantitative estimate of drug-likeness (QED) is 0.888. The first-order valence-corrected chi connectivity index (χ1v) is 7.10. The lowest BCUT2D eigenvalue weighted by molar-refractivity contribution is -0.133. The fourth-order valence-corrected chi connectivity index (χ4v) is 2.62. The predicted octanol–water partition coefficient (Wildman–Crippen LogP) is 0.835. The number of amides is 1. The molecule has 5 heteroatoms. The van der Waals surface area contributed by atoms with Crippen molar-refractivity contribution in [1.82, 2.24) is 4.90 Å². The summed E-state index contributed by atoms with van der Waals surface area (Å²) in [5.41, 5.74) is 6.61. The minimum atomic E-state index is -0.539. The lowest BCUT2D eigenvalue weighted by Gasteiger charge is -2.37. The maximum absolute atomic E-state index is 12.2. The van der Waals surface area contributed by atoms with Crippen LogP contribution in [0.15, 0.2) is 24.3 Å². The summed E-state index contributed by atoms with van der Waals surface area (Å²) in [6.45, 7) is 3.22. The van der Waals surface area contributed by atoms with Crippen molar-refractivity contribution >= 4 is 11.6 Å². The molecule has 1 saturated heterocycles. The Hall–Kier alpha value is -1.75. The second-order valence-corrected chi connectivity index (χ2v) is 5.63. The monoisotopic (exact) mass is 275 g/mol. The molecular weight excluding hydrogens is 254 g/mol. The topological polar surface area (TPSA) is 58.8 Å². The lowest BCUT2D eigenvalue weighted by atomic mass is 10.2. The van der Waals surface area contributed by atoms with E-state index in [1.165, 1.54) is 5.69 Å². The van der Waals surface area contributed by atoms with Crippen LogP contribution in [0, 0.1) is 0 Å². The van der Waals surface area contributed by atoms with Gasteiger partial charge in [0, 0.05) is 31.9 Å². The van der Waals surface area contributed by atoms with Crippen LogP contribution in [0.5, 0.6) is 5.75 Å². The van der Waals surface area contributed by atoms with Crippen LogP contribution >= 0.6 is 0 Å².